The molecule has 3 nitrogen and oxygen atoms in total. The van der Waals surface area contributed by atoms with Gasteiger partial charge in [-0.15, -0.1) is 0 Å². The summed E-state index contributed by atoms with van der Waals surface area (Å²) in [5.74, 6) is -0.0335. The summed E-state index contributed by atoms with van der Waals surface area (Å²) in [6.07, 6.45) is 0.688. The summed E-state index contributed by atoms with van der Waals surface area (Å²) in [6.45, 7) is 0. The van der Waals surface area contributed by atoms with Crippen molar-refractivity contribution in [1.82, 2.24) is 0 Å². The van der Waals surface area contributed by atoms with E-state index in [2.05, 4.69) is 0 Å². The number of benzene rings is 2. The fourth-order valence-corrected chi connectivity index (χ4v) is 2.98. The lowest BCUT2D eigenvalue weighted by atomic mass is 10.2. The van der Waals surface area contributed by atoms with Crippen molar-refractivity contribution >= 4 is 16.1 Å². The van der Waals surface area contributed by atoms with Gasteiger partial charge < -0.3 is 0 Å². The van der Waals surface area contributed by atoms with Gasteiger partial charge in [0.1, 0.15) is 6.29 Å². The van der Waals surface area contributed by atoms with E-state index < -0.39 is 9.84 Å². The van der Waals surface area contributed by atoms with Crippen LogP contribution in [0.2, 0.25) is 0 Å². The van der Waals surface area contributed by atoms with E-state index in [9.17, 15) is 13.2 Å². The third-order valence-electron chi connectivity index (χ3n) is 2.57. The molecular formula is C14H12O3S. The fraction of sp³-hybridized carbons (Fsp3) is 0.0714. The topological polar surface area (TPSA) is 51.2 Å². The Morgan fingerprint density at radius 2 is 1.50 bits per heavy atom. The predicted molar refractivity (Wildman–Crippen MR) is 69.2 cm³/mol. The van der Waals surface area contributed by atoms with Crippen LogP contribution in [0.4, 0.5) is 0 Å². The molecule has 0 aliphatic heterocycles. The molecule has 0 atom stereocenters. The maximum atomic E-state index is 12.1. The lowest BCUT2D eigenvalue weighted by Crippen LogP contribution is -2.04. The van der Waals surface area contributed by atoms with Crippen molar-refractivity contribution in [2.75, 3.05) is 0 Å². The molecule has 18 heavy (non-hydrogen) atoms. The zero-order valence-electron chi connectivity index (χ0n) is 9.61. The highest BCUT2D eigenvalue weighted by atomic mass is 32.2. The summed E-state index contributed by atoms with van der Waals surface area (Å²) < 4.78 is 24.2. The summed E-state index contributed by atoms with van der Waals surface area (Å²) in [5, 5.41) is 0. The molecule has 0 aliphatic carbocycles. The lowest BCUT2D eigenvalue weighted by Gasteiger charge is -2.04. The smallest absolute Gasteiger partial charge is 0.182 e. The Hall–Kier alpha value is -1.94. The second kappa shape index (κ2) is 5.14. The Labute approximate surface area is 106 Å². The van der Waals surface area contributed by atoms with Crippen LogP contribution in [-0.2, 0) is 15.6 Å². The molecule has 4 heteroatoms. The third-order valence-corrected chi connectivity index (χ3v) is 4.28. The molecule has 0 bridgehead atoms. The monoisotopic (exact) mass is 260 g/mol. The molecule has 0 aromatic heterocycles. The summed E-state index contributed by atoms with van der Waals surface area (Å²) in [5.41, 5.74) is 1.21. The van der Waals surface area contributed by atoms with E-state index in [1.54, 1.807) is 24.3 Å². The molecule has 0 fully saturated rings. The molecule has 0 saturated heterocycles. The Balaban J connectivity index is 2.28. The van der Waals surface area contributed by atoms with Crippen LogP contribution in [0, 0.1) is 0 Å². The number of sulfone groups is 1. The van der Waals surface area contributed by atoms with Crippen molar-refractivity contribution < 1.29 is 13.2 Å². The molecular weight excluding hydrogens is 248 g/mol. The second-order valence-corrected chi connectivity index (χ2v) is 5.92. The summed E-state index contributed by atoms with van der Waals surface area (Å²) in [4.78, 5) is 10.7. The van der Waals surface area contributed by atoms with Gasteiger partial charge >= 0.3 is 0 Å². The van der Waals surface area contributed by atoms with Crippen LogP contribution in [0.3, 0.4) is 0 Å². The van der Waals surface area contributed by atoms with Crippen LogP contribution in [0.5, 0.6) is 0 Å². The highest BCUT2D eigenvalue weighted by Gasteiger charge is 2.14. The van der Waals surface area contributed by atoms with Crippen LogP contribution in [0.25, 0.3) is 0 Å². The van der Waals surface area contributed by atoms with E-state index in [4.69, 9.17) is 0 Å². The minimum Gasteiger partial charge on any atom is -0.298 e. The normalized spacial score (nSPS) is 11.1. The quantitative estimate of drug-likeness (QED) is 0.793. The molecule has 2 aromatic rings. The Morgan fingerprint density at radius 3 is 2.06 bits per heavy atom. The van der Waals surface area contributed by atoms with Gasteiger partial charge in [-0.05, 0) is 17.7 Å². The van der Waals surface area contributed by atoms with E-state index in [-0.39, 0.29) is 10.6 Å². The van der Waals surface area contributed by atoms with E-state index in [1.165, 1.54) is 24.3 Å². The summed E-state index contributed by atoms with van der Waals surface area (Å²) in [7, 11) is -3.35. The van der Waals surface area contributed by atoms with Gasteiger partial charge in [-0.1, -0.05) is 42.5 Å². The number of rotatable bonds is 4. The van der Waals surface area contributed by atoms with Crippen molar-refractivity contribution in [3.63, 3.8) is 0 Å². The van der Waals surface area contributed by atoms with Crippen LogP contribution < -0.4 is 0 Å². The molecule has 0 N–H and O–H groups in total. The average molecular weight is 260 g/mol. The van der Waals surface area contributed by atoms with Crippen molar-refractivity contribution in [3.8, 4) is 0 Å². The number of carbonyl (C=O) groups excluding carboxylic acids is 1. The first-order valence-corrected chi connectivity index (χ1v) is 7.09. The molecule has 0 saturated carbocycles. The standard InChI is InChI=1S/C14H12O3S/c15-10-12-6-8-14(9-7-12)18(16,17)11-13-4-2-1-3-5-13/h1-10H,11H2. The highest BCUT2D eigenvalue weighted by Crippen LogP contribution is 2.16. The Kier molecular flexibility index (Phi) is 3.58. The van der Waals surface area contributed by atoms with Gasteiger partial charge in [-0.2, -0.15) is 0 Å². The van der Waals surface area contributed by atoms with Gasteiger partial charge in [0.05, 0.1) is 10.6 Å². The number of hydrogen-bond donors (Lipinski definition) is 0. The van der Waals surface area contributed by atoms with Gasteiger partial charge in [0.25, 0.3) is 0 Å². The van der Waals surface area contributed by atoms with Gasteiger partial charge in [0.2, 0.25) is 0 Å². The third kappa shape index (κ3) is 2.84. The second-order valence-electron chi connectivity index (χ2n) is 3.93. The maximum Gasteiger partial charge on any atom is 0.182 e. The largest absolute Gasteiger partial charge is 0.298 e. The maximum absolute atomic E-state index is 12.1. The van der Waals surface area contributed by atoms with Crippen molar-refractivity contribution in [3.05, 3.63) is 65.7 Å². The first-order chi connectivity index (χ1) is 8.62. The first kappa shape index (κ1) is 12.5. The molecule has 0 aliphatic rings. The van der Waals surface area contributed by atoms with Crippen LogP contribution >= 0.6 is 0 Å². The zero-order chi connectivity index (χ0) is 13.0. The average Bonchev–Trinajstić information content (AvgIpc) is 2.39. The SMILES string of the molecule is O=Cc1ccc(S(=O)(=O)Cc2ccccc2)cc1. The molecule has 0 unspecified atom stereocenters. The first-order valence-electron chi connectivity index (χ1n) is 5.44. The summed E-state index contributed by atoms with van der Waals surface area (Å²) >= 11 is 0. The van der Waals surface area contributed by atoms with Crippen LogP contribution in [0.15, 0.2) is 59.5 Å². The van der Waals surface area contributed by atoms with Crippen molar-refractivity contribution in [2.24, 2.45) is 0 Å². The highest BCUT2D eigenvalue weighted by molar-refractivity contribution is 7.90. The number of hydrogen-bond acceptors (Lipinski definition) is 3. The minimum absolute atomic E-state index is 0.0335. The zero-order valence-corrected chi connectivity index (χ0v) is 10.4. The molecule has 0 heterocycles. The fourth-order valence-electron chi connectivity index (χ4n) is 1.63. The molecule has 2 rings (SSSR count). The van der Waals surface area contributed by atoms with Gasteiger partial charge in [0, 0.05) is 5.56 Å². The molecule has 92 valence electrons. The minimum atomic E-state index is -3.35. The molecule has 0 amide bonds. The summed E-state index contributed by atoms with van der Waals surface area (Å²) in [6, 6.07) is 14.9. The van der Waals surface area contributed by atoms with E-state index >= 15 is 0 Å². The van der Waals surface area contributed by atoms with Gasteiger partial charge in [-0.3, -0.25) is 4.79 Å². The van der Waals surface area contributed by atoms with E-state index in [0.717, 1.165) is 5.56 Å². The number of carbonyl (C=O) groups is 1. The molecule has 2 aromatic carbocycles. The molecule has 0 spiro atoms. The Bertz CT molecular complexity index is 628. The van der Waals surface area contributed by atoms with Crippen molar-refractivity contribution in [1.29, 1.82) is 0 Å². The van der Waals surface area contributed by atoms with Gasteiger partial charge in [-0.25, -0.2) is 8.42 Å². The number of aldehydes is 1. The van der Waals surface area contributed by atoms with Crippen LogP contribution in [-0.4, -0.2) is 14.7 Å². The molecule has 0 radical (unpaired) electrons. The van der Waals surface area contributed by atoms with Crippen molar-refractivity contribution in [2.45, 2.75) is 10.6 Å². The van der Waals surface area contributed by atoms with E-state index in [0.29, 0.717) is 11.8 Å². The Morgan fingerprint density at radius 1 is 0.889 bits per heavy atom. The predicted octanol–water partition coefficient (Wildman–Crippen LogP) is 2.47. The van der Waals surface area contributed by atoms with Crippen LogP contribution in [0.1, 0.15) is 15.9 Å². The van der Waals surface area contributed by atoms with E-state index in [1.807, 2.05) is 6.07 Å². The van der Waals surface area contributed by atoms with Gasteiger partial charge in [0.15, 0.2) is 9.84 Å². The lowest BCUT2D eigenvalue weighted by molar-refractivity contribution is 0.112.